The molecule has 142 valence electrons. The molecule has 0 heterocycles. The molecule has 1 atom stereocenters. The van der Waals surface area contributed by atoms with Gasteiger partial charge in [0.15, 0.2) is 6.10 Å². The Kier molecular flexibility index (Phi) is 12.8. The van der Waals surface area contributed by atoms with Crippen molar-refractivity contribution in [3.8, 4) is 0 Å². The van der Waals surface area contributed by atoms with Gasteiger partial charge in [0.25, 0.3) is 0 Å². The van der Waals surface area contributed by atoms with E-state index in [9.17, 15) is 14.2 Å². The number of esters is 2. The highest BCUT2D eigenvalue weighted by atomic mass is 31.2. The normalized spacial score (nSPS) is 12.7. The largest absolute Gasteiger partial charge is 0.469 e. The predicted molar refractivity (Wildman–Crippen MR) is 87.1 cm³/mol. The van der Waals surface area contributed by atoms with Crippen molar-refractivity contribution in [1.29, 1.82) is 0 Å². The molecule has 2 N–H and O–H groups in total. The smallest absolute Gasteiger partial charge is 0.462 e. The van der Waals surface area contributed by atoms with Crippen LogP contribution >= 0.6 is 7.82 Å². The highest BCUT2D eigenvalue weighted by Crippen LogP contribution is 2.35. The zero-order valence-electron chi connectivity index (χ0n) is 14.4. The lowest BCUT2D eigenvalue weighted by molar-refractivity contribution is -0.161. The van der Waals surface area contributed by atoms with E-state index in [1.807, 2.05) is 6.92 Å². The lowest BCUT2D eigenvalue weighted by Gasteiger charge is -2.18. The highest BCUT2D eigenvalue weighted by Gasteiger charge is 2.22. The molecule has 0 aliphatic carbocycles. The Morgan fingerprint density at radius 2 is 1.54 bits per heavy atom. The van der Waals surface area contributed by atoms with Gasteiger partial charge in [0, 0.05) is 12.8 Å². The van der Waals surface area contributed by atoms with Crippen LogP contribution in [0.3, 0.4) is 0 Å². The van der Waals surface area contributed by atoms with Gasteiger partial charge in [-0.15, -0.1) is 0 Å². The average molecular weight is 368 g/mol. The summed E-state index contributed by atoms with van der Waals surface area (Å²) in [5.74, 6) is -0.952. The molecular weight excluding hydrogens is 339 g/mol. The number of rotatable bonds is 14. The van der Waals surface area contributed by atoms with Crippen LogP contribution in [0.4, 0.5) is 0 Å². The van der Waals surface area contributed by atoms with Gasteiger partial charge >= 0.3 is 19.8 Å². The molecule has 0 radical (unpaired) electrons. The molecule has 0 rings (SSSR count). The molecule has 0 aromatic rings. The second kappa shape index (κ2) is 13.4. The first-order valence-electron chi connectivity index (χ1n) is 8.33. The van der Waals surface area contributed by atoms with Crippen molar-refractivity contribution < 1.29 is 37.9 Å². The van der Waals surface area contributed by atoms with Crippen LogP contribution in [0.2, 0.25) is 0 Å². The van der Waals surface area contributed by atoms with E-state index in [4.69, 9.17) is 19.3 Å². The van der Waals surface area contributed by atoms with Gasteiger partial charge in [-0.05, 0) is 12.8 Å². The minimum atomic E-state index is -4.69. The molecule has 24 heavy (non-hydrogen) atoms. The number of carbonyl (C=O) groups is 2. The van der Waals surface area contributed by atoms with Crippen molar-refractivity contribution in [2.75, 3.05) is 13.2 Å². The van der Waals surface area contributed by atoms with Gasteiger partial charge in [-0.2, -0.15) is 0 Å². The second-order valence-corrected chi connectivity index (χ2v) is 6.73. The lowest BCUT2D eigenvalue weighted by Crippen LogP contribution is -2.29. The summed E-state index contributed by atoms with van der Waals surface area (Å²) in [7, 11) is -4.69. The number of unbranched alkanes of at least 4 members (excludes halogenated alkanes) is 4. The van der Waals surface area contributed by atoms with E-state index in [0.717, 1.165) is 25.7 Å². The summed E-state index contributed by atoms with van der Waals surface area (Å²) >= 11 is 0. The van der Waals surface area contributed by atoms with Crippen LogP contribution in [0.15, 0.2) is 0 Å². The van der Waals surface area contributed by atoms with E-state index in [1.54, 1.807) is 0 Å². The van der Waals surface area contributed by atoms with Crippen molar-refractivity contribution in [3.05, 3.63) is 0 Å². The number of phosphoric ester groups is 1. The van der Waals surface area contributed by atoms with Crippen LogP contribution in [0.5, 0.6) is 0 Å². The third kappa shape index (κ3) is 14.6. The number of phosphoric acid groups is 1. The van der Waals surface area contributed by atoms with Gasteiger partial charge < -0.3 is 19.3 Å². The Labute approximate surface area is 143 Å². The quantitative estimate of drug-likeness (QED) is 0.273. The molecule has 0 aromatic carbocycles. The van der Waals surface area contributed by atoms with Crippen molar-refractivity contribution >= 4 is 19.8 Å². The van der Waals surface area contributed by atoms with Crippen molar-refractivity contribution in [2.45, 2.75) is 71.3 Å². The molecule has 0 aliphatic heterocycles. The first kappa shape index (κ1) is 23.1. The molecule has 0 saturated heterocycles. The summed E-state index contributed by atoms with van der Waals surface area (Å²) in [6.07, 6.45) is 4.57. The van der Waals surface area contributed by atoms with Gasteiger partial charge in [0.2, 0.25) is 0 Å². The van der Waals surface area contributed by atoms with Crippen LogP contribution in [0.25, 0.3) is 0 Å². The van der Waals surface area contributed by atoms with Crippen LogP contribution in [-0.2, 0) is 28.2 Å². The molecule has 0 bridgehead atoms. The molecular formula is C15H29O8P. The summed E-state index contributed by atoms with van der Waals surface area (Å²) in [5, 5.41) is 0. The van der Waals surface area contributed by atoms with Crippen molar-refractivity contribution in [3.63, 3.8) is 0 Å². The summed E-state index contributed by atoms with van der Waals surface area (Å²) in [4.78, 5) is 40.7. The standard InChI is InChI=1S/C15H29O8P/c1-3-5-7-8-10-15(17)23-13(12-22-24(18,19)20)11-21-14(16)9-6-4-2/h13H,3-12H2,1-2H3,(H2,18,19,20). The minimum Gasteiger partial charge on any atom is -0.462 e. The van der Waals surface area contributed by atoms with Crippen LogP contribution < -0.4 is 0 Å². The van der Waals surface area contributed by atoms with E-state index in [2.05, 4.69) is 11.4 Å². The first-order valence-corrected chi connectivity index (χ1v) is 9.86. The number of hydrogen-bond acceptors (Lipinski definition) is 6. The Balaban J connectivity index is 4.33. The maximum atomic E-state index is 11.7. The SMILES string of the molecule is CCCCCCC(=O)OC(COC(=O)CCCC)COP(=O)(O)O. The van der Waals surface area contributed by atoms with Crippen LogP contribution in [0.1, 0.15) is 65.2 Å². The predicted octanol–water partition coefficient (Wildman–Crippen LogP) is 2.71. The summed E-state index contributed by atoms with van der Waals surface area (Å²) in [6.45, 7) is 3.17. The minimum absolute atomic E-state index is 0.205. The van der Waals surface area contributed by atoms with Gasteiger partial charge in [0.1, 0.15) is 6.61 Å². The molecule has 9 heteroatoms. The molecule has 0 aliphatic rings. The average Bonchev–Trinajstić information content (AvgIpc) is 2.51. The summed E-state index contributed by atoms with van der Waals surface area (Å²) in [5.41, 5.74) is 0. The zero-order chi connectivity index (χ0) is 18.4. The fraction of sp³-hybridized carbons (Fsp3) is 0.867. The number of ether oxygens (including phenoxy) is 2. The molecule has 0 spiro atoms. The maximum Gasteiger partial charge on any atom is 0.469 e. The monoisotopic (exact) mass is 368 g/mol. The fourth-order valence-corrected chi connectivity index (χ4v) is 2.18. The van der Waals surface area contributed by atoms with Gasteiger partial charge in [-0.25, -0.2) is 4.57 Å². The first-order chi connectivity index (χ1) is 11.3. The fourth-order valence-electron chi connectivity index (χ4n) is 1.82. The van der Waals surface area contributed by atoms with E-state index in [0.29, 0.717) is 12.8 Å². The number of hydrogen-bond donors (Lipinski definition) is 2. The molecule has 0 aromatic heterocycles. The van der Waals surface area contributed by atoms with E-state index >= 15 is 0 Å². The van der Waals surface area contributed by atoms with E-state index < -0.39 is 32.5 Å². The van der Waals surface area contributed by atoms with Crippen LogP contribution in [-0.4, -0.2) is 41.0 Å². The highest BCUT2D eigenvalue weighted by molar-refractivity contribution is 7.46. The summed E-state index contributed by atoms with van der Waals surface area (Å²) < 4.78 is 25.2. The van der Waals surface area contributed by atoms with Gasteiger partial charge in [0.05, 0.1) is 6.61 Å². The lowest BCUT2D eigenvalue weighted by atomic mass is 10.1. The number of carbonyl (C=O) groups excluding carboxylic acids is 2. The van der Waals surface area contributed by atoms with Crippen molar-refractivity contribution in [2.24, 2.45) is 0 Å². The van der Waals surface area contributed by atoms with Crippen molar-refractivity contribution in [1.82, 2.24) is 0 Å². The molecule has 0 amide bonds. The van der Waals surface area contributed by atoms with Gasteiger partial charge in [-0.1, -0.05) is 39.5 Å². The Morgan fingerprint density at radius 1 is 0.917 bits per heavy atom. The Hall–Kier alpha value is -0.950. The van der Waals surface area contributed by atoms with E-state index in [-0.39, 0.29) is 19.4 Å². The molecule has 1 unspecified atom stereocenters. The topological polar surface area (TPSA) is 119 Å². The Morgan fingerprint density at radius 3 is 2.12 bits per heavy atom. The maximum absolute atomic E-state index is 11.7. The zero-order valence-corrected chi connectivity index (χ0v) is 15.3. The summed E-state index contributed by atoms with van der Waals surface area (Å²) in [6, 6.07) is 0. The second-order valence-electron chi connectivity index (χ2n) is 5.50. The van der Waals surface area contributed by atoms with Gasteiger partial charge in [-0.3, -0.25) is 14.1 Å². The molecule has 8 nitrogen and oxygen atoms in total. The molecule has 0 fully saturated rings. The van der Waals surface area contributed by atoms with E-state index in [1.165, 1.54) is 0 Å². The third-order valence-corrected chi connectivity index (χ3v) is 3.61. The molecule has 0 saturated carbocycles. The third-order valence-electron chi connectivity index (χ3n) is 3.13. The Bertz CT molecular complexity index is 406. The van der Waals surface area contributed by atoms with Crippen LogP contribution in [0, 0.1) is 0 Å².